The van der Waals surface area contributed by atoms with Gasteiger partial charge in [0, 0.05) is 28.6 Å². The van der Waals surface area contributed by atoms with E-state index in [0.29, 0.717) is 22.8 Å². The number of hydrogen-bond acceptors (Lipinski definition) is 5. The lowest BCUT2D eigenvalue weighted by molar-refractivity contribution is -0.135. The van der Waals surface area contributed by atoms with Crippen LogP contribution in [0.25, 0.3) is 11.0 Å². The Morgan fingerprint density at radius 3 is 2.24 bits per heavy atom. The molecule has 0 aliphatic carbocycles. The Hall–Kier alpha value is -3.86. The van der Waals surface area contributed by atoms with Crippen molar-refractivity contribution in [1.82, 2.24) is 0 Å². The van der Waals surface area contributed by atoms with Gasteiger partial charge in [-0.1, -0.05) is 36.4 Å². The Kier molecular flexibility index (Phi) is 3.95. The lowest BCUT2D eigenvalue weighted by Crippen LogP contribution is -2.23. The number of fused-ring (bicyclic) bond motifs is 3. The number of aryl methyl sites for hydroxylation is 1. The van der Waals surface area contributed by atoms with Gasteiger partial charge in [-0.15, -0.1) is 0 Å². The normalized spacial score (nSPS) is 12.7. The van der Waals surface area contributed by atoms with Crippen molar-refractivity contribution < 1.29 is 18.7 Å². The lowest BCUT2D eigenvalue weighted by Gasteiger charge is -2.26. The molecule has 0 fully saturated rings. The van der Waals surface area contributed by atoms with Gasteiger partial charge in [-0.3, -0.25) is 4.79 Å². The van der Waals surface area contributed by atoms with E-state index in [1.54, 1.807) is 18.2 Å². The number of ether oxygens (including phenoxy) is 2. The van der Waals surface area contributed by atoms with Crippen molar-refractivity contribution in [3.05, 3.63) is 99.9 Å². The number of hydrogen-bond donors (Lipinski definition) is 0. The van der Waals surface area contributed by atoms with E-state index in [9.17, 15) is 9.59 Å². The Labute approximate surface area is 166 Å². The SMILES string of the molecule is Cc1cc(=O)oc2cc(OC(=O)C3c4ccccc4Oc4ccccc43)ccc12. The average Bonchev–Trinajstić information content (AvgIpc) is 2.71. The van der Waals surface area contributed by atoms with Crippen LogP contribution in [0.1, 0.15) is 22.6 Å². The second kappa shape index (κ2) is 6.63. The maximum absolute atomic E-state index is 13.2. The number of rotatable bonds is 2. The van der Waals surface area contributed by atoms with E-state index >= 15 is 0 Å². The summed E-state index contributed by atoms with van der Waals surface area (Å²) >= 11 is 0. The zero-order chi connectivity index (χ0) is 20.0. The summed E-state index contributed by atoms with van der Waals surface area (Å²) in [4.78, 5) is 24.9. The summed E-state index contributed by atoms with van der Waals surface area (Å²) in [5.74, 6) is 0.540. The van der Waals surface area contributed by atoms with Crippen LogP contribution in [-0.4, -0.2) is 5.97 Å². The van der Waals surface area contributed by atoms with Gasteiger partial charge in [0.15, 0.2) is 0 Å². The first-order valence-electron chi connectivity index (χ1n) is 9.22. The van der Waals surface area contributed by atoms with E-state index in [0.717, 1.165) is 22.1 Å². The maximum Gasteiger partial charge on any atom is 0.336 e. The third-order valence-corrected chi connectivity index (χ3v) is 5.06. The van der Waals surface area contributed by atoms with Crippen molar-refractivity contribution in [1.29, 1.82) is 0 Å². The van der Waals surface area contributed by atoms with Crippen molar-refractivity contribution >= 4 is 16.9 Å². The van der Waals surface area contributed by atoms with Crippen LogP contribution in [0.15, 0.2) is 82.0 Å². The third-order valence-electron chi connectivity index (χ3n) is 5.06. The summed E-state index contributed by atoms with van der Waals surface area (Å²) in [6.07, 6.45) is 0. The fourth-order valence-electron chi connectivity index (χ4n) is 3.71. The minimum absolute atomic E-state index is 0.317. The van der Waals surface area contributed by atoms with Crippen LogP contribution in [0.3, 0.4) is 0 Å². The average molecular weight is 384 g/mol. The van der Waals surface area contributed by atoms with Crippen LogP contribution in [0.5, 0.6) is 17.2 Å². The van der Waals surface area contributed by atoms with Gasteiger partial charge in [-0.05, 0) is 36.8 Å². The molecule has 3 aromatic carbocycles. The molecule has 4 aromatic rings. The van der Waals surface area contributed by atoms with Crippen LogP contribution in [0.2, 0.25) is 0 Å². The second-order valence-electron chi connectivity index (χ2n) is 6.94. The Morgan fingerprint density at radius 2 is 1.55 bits per heavy atom. The van der Waals surface area contributed by atoms with Crippen molar-refractivity contribution in [2.75, 3.05) is 0 Å². The number of benzene rings is 3. The molecule has 0 spiro atoms. The molecule has 0 saturated heterocycles. The number of esters is 1. The first-order chi connectivity index (χ1) is 14.1. The van der Waals surface area contributed by atoms with Gasteiger partial charge in [0.25, 0.3) is 0 Å². The first-order valence-corrected chi connectivity index (χ1v) is 9.22. The van der Waals surface area contributed by atoms with Crippen LogP contribution in [0.4, 0.5) is 0 Å². The van der Waals surface area contributed by atoms with Gasteiger partial charge in [-0.2, -0.15) is 0 Å². The highest BCUT2D eigenvalue weighted by Crippen LogP contribution is 2.44. The molecule has 5 nitrogen and oxygen atoms in total. The minimum Gasteiger partial charge on any atom is -0.457 e. The minimum atomic E-state index is -0.614. The fraction of sp³-hybridized carbons (Fsp3) is 0.0833. The monoisotopic (exact) mass is 384 g/mol. The molecule has 0 bridgehead atoms. The molecule has 0 radical (unpaired) electrons. The second-order valence-corrected chi connectivity index (χ2v) is 6.94. The molecule has 0 amide bonds. The molecular formula is C24H16O5. The maximum atomic E-state index is 13.2. The van der Waals surface area contributed by atoms with Crippen LogP contribution in [-0.2, 0) is 4.79 Å². The Bertz CT molecular complexity index is 1270. The topological polar surface area (TPSA) is 65.7 Å². The Balaban J connectivity index is 1.55. The molecule has 5 heteroatoms. The molecule has 5 rings (SSSR count). The van der Waals surface area contributed by atoms with Crippen molar-refractivity contribution in [3.63, 3.8) is 0 Å². The Morgan fingerprint density at radius 1 is 0.897 bits per heavy atom. The molecule has 0 unspecified atom stereocenters. The van der Waals surface area contributed by atoms with Gasteiger partial charge in [-0.25, -0.2) is 4.79 Å². The quantitative estimate of drug-likeness (QED) is 0.278. The molecule has 1 aliphatic heterocycles. The zero-order valence-electron chi connectivity index (χ0n) is 15.5. The summed E-state index contributed by atoms with van der Waals surface area (Å²) < 4.78 is 16.9. The van der Waals surface area contributed by atoms with Gasteiger partial charge >= 0.3 is 11.6 Å². The van der Waals surface area contributed by atoms with E-state index in [1.165, 1.54) is 6.07 Å². The van der Waals surface area contributed by atoms with E-state index in [-0.39, 0.29) is 0 Å². The molecule has 1 aromatic heterocycles. The van der Waals surface area contributed by atoms with E-state index in [1.807, 2.05) is 55.5 Å². The number of carbonyl (C=O) groups is 1. The highest BCUT2D eigenvalue weighted by molar-refractivity contribution is 5.88. The number of para-hydroxylation sites is 2. The predicted molar refractivity (Wildman–Crippen MR) is 108 cm³/mol. The van der Waals surface area contributed by atoms with E-state index < -0.39 is 17.5 Å². The van der Waals surface area contributed by atoms with Gasteiger partial charge < -0.3 is 13.9 Å². The van der Waals surface area contributed by atoms with Crippen LogP contribution in [0, 0.1) is 6.92 Å². The molecule has 29 heavy (non-hydrogen) atoms. The highest BCUT2D eigenvalue weighted by atomic mass is 16.5. The molecule has 1 aliphatic rings. The van der Waals surface area contributed by atoms with E-state index in [2.05, 4.69) is 0 Å². The van der Waals surface area contributed by atoms with Crippen LogP contribution >= 0.6 is 0 Å². The fourth-order valence-corrected chi connectivity index (χ4v) is 3.71. The molecule has 2 heterocycles. The molecule has 0 N–H and O–H groups in total. The largest absolute Gasteiger partial charge is 0.457 e. The van der Waals surface area contributed by atoms with E-state index in [4.69, 9.17) is 13.9 Å². The summed E-state index contributed by atoms with van der Waals surface area (Å²) in [5, 5.41) is 0.797. The first kappa shape index (κ1) is 17.3. The van der Waals surface area contributed by atoms with Gasteiger partial charge in [0.1, 0.15) is 28.7 Å². The van der Waals surface area contributed by atoms with Crippen molar-refractivity contribution in [2.24, 2.45) is 0 Å². The summed E-state index contributed by atoms with van der Waals surface area (Å²) in [5.41, 5.74) is 2.25. The predicted octanol–water partition coefficient (Wildman–Crippen LogP) is 4.94. The highest BCUT2D eigenvalue weighted by Gasteiger charge is 2.34. The summed E-state index contributed by atoms with van der Waals surface area (Å²) in [6, 6.07) is 21.3. The third kappa shape index (κ3) is 2.97. The standard InChI is InChI=1S/C24H16O5/c1-14-12-22(25)29-21-13-15(10-11-16(14)21)27-24(26)23-17-6-2-4-8-19(17)28-20-9-5-3-7-18(20)23/h2-13,23H,1H3. The van der Waals surface area contributed by atoms with Crippen LogP contribution < -0.4 is 15.1 Å². The van der Waals surface area contributed by atoms with Gasteiger partial charge in [0.2, 0.25) is 0 Å². The zero-order valence-corrected chi connectivity index (χ0v) is 15.5. The number of carbonyl (C=O) groups excluding carboxylic acids is 1. The molecule has 0 atom stereocenters. The van der Waals surface area contributed by atoms with Crippen molar-refractivity contribution in [2.45, 2.75) is 12.8 Å². The lowest BCUT2D eigenvalue weighted by atomic mass is 9.88. The van der Waals surface area contributed by atoms with Crippen molar-refractivity contribution in [3.8, 4) is 17.2 Å². The molecule has 0 saturated carbocycles. The summed E-state index contributed by atoms with van der Waals surface area (Å²) in [7, 11) is 0. The summed E-state index contributed by atoms with van der Waals surface area (Å²) in [6.45, 7) is 1.83. The van der Waals surface area contributed by atoms with Gasteiger partial charge in [0.05, 0.1) is 0 Å². The molecular weight excluding hydrogens is 368 g/mol. The molecule has 142 valence electrons. The smallest absolute Gasteiger partial charge is 0.336 e.